The number of aryl methyl sites for hydroxylation is 2. The number of amides is 1. The molecule has 0 aliphatic rings. The van der Waals surface area contributed by atoms with E-state index in [9.17, 15) is 14.4 Å². The zero-order valence-electron chi connectivity index (χ0n) is 15.7. The van der Waals surface area contributed by atoms with Gasteiger partial charge in [0.2, 0.25) is 5.91 Å². The maximum Gasteiger partial charge on any atom is 0.337 e. The van der Waals surface area contributed by atoms with Crippen LogP contribution in [0.1, 0.15) is 44.7 Å². The summed E-state index contributed by atoms with van der Waals surface area (Å²) in [7, 11) is 1.30. The number of methoxy groups -OCH3 is 1. The highest BCUT2D eigenvalue weighted by molar-refractivity contribution is 5.95. The average molecular weight is 367 g/mol. The number of carbonyl (C=O) groups excluding carboxylic acids is 2. The van der Waals surface area contributed by atoms with Crippen LogP contribution < -0.4 is 10.9 Å². The van der Waals surface area contributed by atoms with Crippen molar-refractivity contribution in [2.24, 2.45) is 0 Å². The van der Waals surface area contributed by atoms with E-state index in [1.54, 1.807) is 32.0 Å². The predicted molar refractivity (Wildman–Crippen MR) is 101 cm³/mol. The van der Waals surface area contributed by atoms with Crippen LogP contribution in [0.15, 0.2) is 23.0 Å². The van der Waals surface area contributed by atoms with E-state index < -0.39 is 11.5 Å². The number of aromatic amines is 1. The van der Waals surface area contributed by atoms with E-state index in [0.29, 0.717) is 28.9 Å². The van der Waals surface area contributed by atoms with Crippen LogP contribution >= 0.6 is 0 Å². The molecule has 27 heavy (non-hydrogen) atoms. The molecule has 0 aliphatic heterocycles. The molecular formula is C20H21N3O4. The summed E-state index contributed by atoms with van der Waals surface area (Å²) in [5.41, 5.74) is 3.37. The summed E-state index contributed by atoms with van der Waals surface area (Å²) < 4.78 is 4.69. The Labute approximate surface area is 157 Å². The minimum absolute atomic E-state index is 0.0673. The smallest absolute Gasteiger partial charge is 0.337 e. The van der Waals surface area contributed by atoms with Crippen LogP contribution in [0.4, 0.5) is 5.69 Å². The number of nitrogens with one attached hydrogen (secondary N) is 2. The van der Waals surface area contributed by atoms with Gasteiger partial charge in [-0.05, 0) is 56.0 Å². The monoisotopic (exact) mass is 367 g/mol. The summed E-state index contributed by atoms with van der Waals surface area (Å²) in [4.78, 5) is 38.4. The van der Waals surface area contributed by atoms with Crippen molar-refractivity contribution in [3.05, 3.63) is 62.1 Å². The Hall–Kier alpha value is -3.40. The molecule has 7 nitrogen and oxygen atoms in total. The first-order valence-corrected chi connectivity index (χ1v) is 8.39. The van der Waals surface area contributed by atoms with E-state index in [1.165, 1.54) is 7.11 Å². The number of benzene rings is 1. The molecule has 0 unspecified atom stereocenters. The van der Waals surface area contributed by atoms with Crippen molar-refractivity contribution >= 4 is 17.6 Å². The van der Waals surface area contributed by atoms with Crippen LogP contribution in [0.3, 0.4) is 0 Å². The molecule has 0 aliphatic carbocycles. The molecule has 0 saturated carbocycles. The molecule has 1 aromatic carbocycles. The second-order valence-electron chi connectivity index (χ2n) is 6.24. The fourth-order valence-corrected chi connectivity index (χ4v) is 2.87. The van der Waals surface area contributed by atoms with Crippen molar-refractivity contribution in [3.8, 4) is 6.07 Å². The number of esters is 1. The summed E-state index contributed by atoms with van der Waals surface area (Å²) in [5, 5.41) is 11.9. The van der Waals surface area contributed by atoms with Crippen LogP contribution in [-0.4, -0.2) is 24.0 Å². The number of hydrogen-bond donors (Lipinski definition) is 2. The summed E-state index contributed by atoms with van der Waals surface area (Å²) in [6, 6.07) is 6.84. The molecule has 1 aromatic heterocycles. The van der Waals surface area contributed by atoms with Gasteiger partial charge < -0.3 is 15.0 Å². The molecule has 0 radical (unpaired) electrons. The number of rotatable bonds is 5. The molecule has 0 bridgehead atoms. The van der Waals surface area contributed by atoms with Gasteiger partial charge in [-0.25, -0.2) is 4.79 Å². The molecule has 0 saturated heterocycles. The Bertz CT molecular complexity index is 1000. The maximum absolute atomic E-state index is 12.4. The minimum Gasteiger partial charge on any atom is -0.465 e. The molecule has 140 valence electrons. The van der Waals surface area contributed by atoms with Crippen molar-refractivity contribution in [2.45, 2.75) is 33.6 Å². The molecule has 2 aromatic rings. The lowest BCUT2D eigenvalue weighted by atomic mass is 9.99. The lowest BCUT2D eigenvalue weighted by Gasteiger charge is -2.12. The van der Waals surface area contributed by atoms with E-state index in [-0.39, 0.29) is 17.9 Å². The molecule has 2 rings (SSSR count). The largest absolute Gasteiger partial charge is 0.465 e. The fraction of sp³-hybridized carbons (Fsp3) is 0.300. The SMILES string of the molecule is COC(=O)c1ccc(C)c(NC(=O)CCc2c(C)[nH]c(=O)c(C#N)c2C)c1. The topological polar surface area (TPSA) is 112 Å². The number of ether oxygens (including phenoxy) is 1. The maximum atomic E-state index is 12.4. The summed E-state index contributed by atoms with van der Waals surface area (Å²) in [6.45, 7) is 5.27. The first-order valence-electron chi connectivity index (χ1n) is 8.39. The Balaban J connectivity index is 2.16. The molecular weight excluding hydrogens is 346 g/mol. The lowest BCUT2D eigenvalue weighted by Crippen LogP contribution is -2.18. The number of nitrogens with zero attached hydrogens (tertiary/aromatic N) is 1. The number of carbonyl (C=O) groups is 2. The third kappa shape index (κ3) is 4.42. The van der Waals surface area contributed by atoms with Crippen molar-refractivity contribution in [1.29, 1.82) is 5.26 Å². The minimum atomic E-state index is -0.478. The molecule has 0 spiro atoms. The van der Waals surface area contributed by atoms with Crippen LogP contribution in [0.5, 0.6) is 0 Å². The first kappa shape index (κ1) is 19.9. The van der Waals surface area contributed by atoms with E-state index in [2.05, 4.69) is 10.3 Å². The van der Waals surface area contributed by atoms with Gasteiger partial charge in [-0.15, -0.1) is 0 Å². The van der Waals surface area contributed by atoms with Gasteiger partial charge >= 0.3 is 5.97 Å². The lowest BCUT2D eigenvalue weighted by molar-refractivity contribution is -0.116. The third-order valence-corrected chi connectivity index (χ3v) is 4.46. The number of pyridine rings is 1. The number of H-pyrrole nitrogens is 1. The highest BCUT2D eigenvalue weighted by Crippen LogP contribution is 2.19. The van der Waals surface area contributed by atoms with Gasteiger partial charge in [-0.3, -0.25) is 9.59 Å². The zero-order valence-corrected chi connectivity index (χ0v) is 15.7. The molecule has 2 N–H and O–H groups in total. The quantitative estimate of drug-likeness (QED) is 0.789. The van der Waals surface area contributed by atoms with Gasteiger partial charge in [0.1, 0.15) is 11.6 Å². The Morgan fingerprint density at radius 2 is 1.96 bits per heavy atom. The molecule has 0 atom stereocenters. The Kier molecular flexibility index (Phi) is 6.14. The highest BCUT2D eigenvalue weighted by Gasteiger charge is 2.14. The fourth-order valence-electron chi connectivity index (χ4n) is 2.87. The normalized spacial score (nSPS) is 10.2. The standard InChI is InChI=1S/C20H21N3O4/c1-11-5-6-14(20(26)27-4)9-17(11)23-18(24)8-7-15-12(2)16(10-21)19(25)22-13(15)3/h5-6,9H,7-8H2,1-4H3,(H,22,25)(H,23,24). The number of anilines is 1. The predicted octanol–water partition coefficient (Wildman–Crippen LogP) is 2.53. The van der Waals surface area contributed by atoms with E-state index in [4.69, 9.17) is 10.00 Å². The number of nitriles is 1. The van der Waals surface area contributed by atoms with Gasteiger partial charge in [0.05, 0.1) is 12.7 Å². The third-order valence-electron chi connectivity index (χ3n) is 4.46. The molecule has 0 fully saturated rings. The number of aromatic nitrogens is 1. The summed E-state index contributed by atoms with van der Waals surface area (Å²) >= 11 is 0. The van der Waals surface area contributed by atoms with Crippen LogP contribution in [0.2, 0.25) is 0 Å². The van der Waals surface area contributed by atoms with Crippen LogP contribution in [0.25, 0.3) is 0 Å². The molecule has 7 heteroatoms. The Morgan fingerprint density at radius 1 is 1.26 bits per heavy atom. The van der Waals surface area contributed by atoms with Gasteiger partial charge in [0.25, 0.3) is 5.56 Å². The van der Waals surface area contributed by atoms with Crippen molar-refractivity contribution < 1.29 is 14.3 Å². The van der Waals surface area contributed by atoms with Gasteiger partial charge in [-0.2, -0.15) is 5.26 Å². The van der Waals surface area contributed by atoms with E-state index in [0.717, 1.165) is 11.1 Å². The molecule has 1 heterocycles. The first-order chi connectivity index (χ1) is 12.8. The highest BCUT2D eigenvalue weighted by atomic mass is 16.5. The van der Waals surface area contributed by atoms with Gasteiger partial charge in [0, 0.05) is 17.8 Å². The second kappa shape index (κ2) is 8.32. The summed E-state index contributed by atoms with van der Waals surface area (Å²) in [6.07, 6.45) is 0.547. The van der Waals surface area contributed by atoms with Crippen LogP contribution in [0, 0.1) is 32.1 Å². The number of hydrogen-bond acceptors (Lipinski definition) is 5. The molecule has 1 amide bonds. The second-order valence-corrected chi connectivity index (χ2v) is 6.24. The summed E-state index contributed by atoms with van der Waals surface area (Å²) in [5.74, 6) is -0.711. The van der Waals surface area contributed by atoms with Gasteiger partial charge in [0.15, 0.2) is 0 Å². The van der Waals surface area contributed by atoms with Crippen LogP contribution in [-0.2, 0) is 16.0 Å². The van der Waals surface area contributed by atoms with Gasteiger partial charge in [-0.1, -0.05) is 6.07 Å². The zero-order chi connectivity index (χ0) is 20.1. The average Bonchev–Trinajstić information content (AvgIpc) is 2.62. The van der Waals surface area contributed by atoms with Crippen molar-refractivity contribution in [2.75, 3.05) is 12.4 Å². The van der Waals surface area contributed by atoms with Crippen molar-refractivity contribution in [1.82, 2.24) is 4.98 Å². The van der Waals surface area contributed by atoms with E-state index >= 15 is 0 Å². The van der Waals surface area contributed by atoms with Crippen molar-refractivity contribution in [3.63, 3.8) is 0 Å². The van der Waals surface area contributed by atoms with E-state index in [1.807, 2.05) is 13.0 Å². The Morgan fingerprint density at radius 3 is 2.59 bits per heavy atom.